The van der Waals surface area contributed by atoms with E-state index in [1.165, 1.54) is 6.07 Å². The summed E-state index contributed by atoms with van der Waals surface area (Å²) in [6.45, 7) is 0.211. The molecule has 0 saturated carbocycles. The molecule has 0 saturated heterocycles. The fraction of sp³-hybridized carbons (Fsp3) is 0.364. The van der Waals surface area contributed by atoms with Gasteiger partial charge in [-0.15, -0.1) is 0 Å². The zero-order valence-corrected chi connectivity index (χ0v) is 9.45. The van der Waals surface area contributed by atoms with Crippen LogP contribution in [0.2, 0.25) is 0 Å². The van der Waals surface area contributed by atoms with Crippen molar-refractivity contribution in [1.82, 2.24) is 9.55 Å². The van der Waals surface area contributed by atoms with Gasteiger partial charge in [-0.1, -0.05) is 0 Å². The van der Waals surface area contributed by atoms with Gasteiger partial charge in [-0.05, 0) is 12.1 Å². The molecule has 0 atom stereocenters. The highest BCUT2D eigenvalue weighted by atomic mass is 19.2. The van der Waals surface area contributed by atoms with E-state index in [2.05, 4.69) is 4.98 Å². The third-order valence-electron chi connectivity index (χ3n) is 2.52. The molecule has 2 aromatic rings. The minimum absolute atomic E-state index is 0.0825. The summed E-state index contributed by atoms with van der Waals surface area (Å²) in [4.78, 5) is 14.0. The van der Waals surface area contributed by atoms with Gasteiger partial charge in [0.05, 0.1) is 31.9 Å². The third-order valence-corrected chi connectivity index (χ3v) is 2.52. The number of aromatic nitrogens is 2. The number of aliphatic hydroxyl groups is 1. The van der Waals surface area contributed by atoms with E-state index < -0.39 is 17.3 Å². The van der Waals surface area contributed by atoms with Crippen LogP contribution in [0.5, 0.6) is 0 Å². The number of hydrogen-bond donors (Lipinski definition) is 2. The van der Waals surface area contributed by atoms with Crippen LogP contribution in [0.3, 0.4) is 0 Å². The first kappa shape index (κ1) is 12.7. The summed E-state index contributed by atoms with van der Waals surface area (Å²) in [6.07, 6.45) is 0. The zero-order valence-electron chi connectivity index (χ0n) is 9.45. The maximum atomic E-state index is 13.6. The second-order valence-corrected chi connectivity index (χ2v) is 3.68. The monoisotopic (exact) mass is 258 g/mol. The van der Waals surface area contributed by atoms with Crippen LogP contribution in [0.15, 0.2) is 16.9 Å². The lowest BCUT2D eigenvalue weighted by Crippen LogP contribution is -2.20. The highest BCUT2D eigenvalue weighted by Gasteiger charge is 2.14. The molecule has 18 heavy (non-hydrogen) atoms. The standard InChI is InChI=1S/C11H12F2N2O3/c12-7-1-2-8-10(9(7)13)15(11(17)14-8)3-5-18-6-4-16/h1-2,16H,3-6H2,(H,14,17). The summed E-state index contributed by atoms with van der Waals surface area (Å²) in [5, 5.41) is 8.52. The largest absolute Gasteiger partial charge is 0.394 e. The molecule has 0 aliphatic heterocycles. The van der Waals surface area contributed by atoms with Gasteiger partial charge in [-0.3, -0.25) is 4.57 Å². The molecule has 7 heteroatoms. The number of aliphatic hydroxyl groups excluding tert-OH is 1. The van der Waals surface area contributed by atoms with E-state index in [1.807, 2.05) is 0 Å². The van der Waals surface area contributed by atoms with Crippen LogP contribution in [0.1, 0.15) is 0 Å². The number of ether oxygens (including phenoxy) is 1. The Balaban J connectivity index is 2.34. The van der Waals surface area contributed by atoms with Gasteiger partial charge < -0.3 is 14.8 Å². The number of rotatable bonds is 5. The van der Waals surface area contributed by atoms with Crippen molar-refractivity contribution in [3.05, 3.63) is 34.3 Å². The lowest BCUT2D eigenvalue weighted by Gasteiger charge is -2.05. The number of hydrogen-bond acceptors (Lipinski definition) is 3. The Morgan fingerprint density at radius 2 is 2.11 bits per heavy atom. The lowest BCUT2D eigenvalue weighted by atomic mass is 10.3. The van der Waals surface area contributed by atoms with E-state index in [1.54, 1.807) is 0 Å². The first-order valence-corrected chi connectivity index (χ1v) is 5.40. The minimum atomic E-state index is -1.06. The van der Waals surface area contributed by atoms with Gasteiger partial charge >= 0.3 is 5.69 Å². The maximum Gasteiger partial charge on any atom is 0.326 e. The Hall–Kier alpha value is -1.73. The van der Waals surface area contributed by atoms with Crippen molar-refractivity contribution in [2.45, 2.75) is 6.54 Å². The Morgan fingerprint density at radius 1 is 1.33 bits per heavy atom. The SMILES string of the molecule is O=c1[nH]c2ccc(F)c(F)c2n1CCOCCO. The number of benzene rings is 1. The van der Waals surface area contributed by atoms with Crippen LogP contribution in [-0.2, 0) is 11.3 Å². The molecule has 0 spiro atoms. The quantitative estimate of drug-likeness (QED) is 0.772. The summed E-state index contributed by atoms with van der Waals surface area (Å²) in [7, 11) is 0. The van der Waals surface area contributed by atoms with Crippen molar-refractivity contribution in [1.29, 1.82) is 0 Å². The second kappa shape index (κ2) is 5.28. The third kappa shape index (κ3) is 2.27. The van der Waals surface area contributed by atoms with Crippen molar-refractivity contribution in [2.24, 2.45) is 0 Å². The van der Waals surface area contributed by atoms with Crippen LogP contribution >= 0.6 is 0 Å². The molecule has 0 unspecified atom stereocenters. The lowest BCUT2D eigenvalue weighted by molar-refractivity contribution is 0.0870. The molecule has 0 radical (unpaired) electrons. The summed E-state index contributed by atoms with van der Waals surface area (Å²) < 4.78 is 32.8. The molecular formula is C11H12F2N2O3. The maximum absolute atomic E-state index is 13.6. The van der Waals surface area contributed by atoms with Gasteiger partial charge in [0.15, 0.2) is 11.6 Å². The van der Waals surface area contributed by atoms with Crippen molar-refractivity contribution in [3.63, 3.8) is 0 Å². The molecule has 2 rings (SSSR count). The first-order valence-electron chi connectivity index (χ1n) is 5.40. The summed E-state index contributed by atoms with van der Waals surface area (Å²) >= 11 is 0. The fourth-order valence-corrected chi connectivity index (χ4v) is 1.72. The Morgan fingerprint density at radius 3 is 2.83 bits per heavy atom. The van der Waals surface area contributed by atoms with Gasteiger partial charge in [0.1, 0.15) is 5.52 Å². The van der Waals surface area contributed by atoms with Gasteiger partial charge in [0.2, 0.25) is 0 Å². The summed E-state index contributed by atoms with van der Waals surface area (Å²) in [5.41, 5.74) is -0.393. The van der Waals surface area contributed by atoms with E-state index in [-0.39, 0.29) is 37.4 Å². The summed E-state index contributed by atoms with van der Waals surface area (Å²) in [5.74, 6) is -2.07. The molecule has 98 valence electrons. The Kier molecular flexibility index (Phi) is 3.73. The molecule has 5 nitrogen and oxygen atoms in total. The number of aromatic amines is 1. The van der Waals surface area contributed by atoms with Crippen LogP contribution in [0.25, 0.3) is 11.0 Å². The fourth-order valence-electron chi connectivity index (χ4n) is 1.72. The van der Waals surface area contributed by atoms with Gasteiger partial charge in [-0.25, -0.2) is 13.6 Å². The van der Waals surface area contributed by atoms with E-state index in [4.69, 9.17) is 9.84 Å². The number of fused-ring (bicyclic) bond motifs is 1. The van der Waals surface area contributed by atoms with Gasteiger partial charge in [-0.2, -0.15) is 0 Å². The minimum Gasteiger partial charge on any atom is -0.394 e. The highest BCUT2D eigenvalue weighted by molar-refractivity contribution is 5.75. The predicted octanol–water partition coefficient (Wildman–Crippen LogP) is 0.617. The van der Waals surface area contributed by atoms with Gasteiger partial charge in [0, 0.05) is 0 Å². The van der Waals surface area contributed by atoms with E-state index in [0.717, 1.165) is 10.6 Å². The molecule has 0 bridgehead atoms. The van der Waals surface area contributed by atoms with Crippen LogP contribution in [-0.4, -0.2) is 34.5 Å². The smallest absolute Gasteiger partial charge is 0.326 e. The van der Waals surface area contributed by atoms with Crippen LogP contribution in [0.4, 0.5) is 8.78 Å². The Labute approximate surface area is 101 Å². The average molecular weight is 258 g/mol. The van der Waals surface area contributed by atoms with Crippen LogP contribution in [0, 0.1) is 11.6 Å². The molecule has 0 aliphatic rings. The van der Waals surface area contributed by atoms with Crippen molar-refractivity contribution < 1.29 is 18.6 Å². The van der Waals surface area contributed by atoms with E-state index in [9.17, 15) is 13.6 Å². The summed E-state index contributed by atoms with van der Waals surface area (Å²) in [6, 6.07) is 2.26. The second-order valence-electron chi connectivity index (χ2n) is 3.68. The number of halogens is 2. The van der Waals surface area contributed by atoms with Crippen molar-refractivity contribution in [2.75, 3.05) is 19.8 Å². The molecule has 0 aliphatic carbocycles. The number of nitrogens with one attached hydrogen (secondary N) is 1. The molecule has 1 aromatic heterocycles. The zero-order chi connectivity index (χ0) is 13.1. The number of H-pyrrole nitrogens is 1. The molecule has 0 amide bonds. The van der Waals surface area contributed by atoms with Crippen molar-refractivity contribution in [3.8, 4) is 0 Å². The van der Waals surface area contributed by atoms with Gasteiger partial charge in [0.25, 0.3) is 0 Å². The molecule has 1 heterocycles. The van der Waals surface area contributed by atoms with E-state index >= 15 is 0 Å². The predicted molar refractivity (Wildman–Crippen MR) is 60.4 cm³/mol. The molecule has 0 fully saturated rings. The van der Waals surface area contributed by atoms with E-state index in [0.29, 0.717) is 0 Å². The molecular weight excluding hydrogens is 246 g/mol. The van der Waals surface area contributed by atoms with Crippen LogP contribution < -0.4 is 5.69 Å². The first-order chi connectivity index (χ1) is 8.65. The number of nitrogens with zero attached hydrogens (tertiary/aromatic N) is 1. The van der Waals surface area contributed by atoms with Crippen molar-refractivity contribution >= 4 is 11.0 Å². The molecule has 1 aromatic carbocycles. The average Bonchev–Trinajstić information content (AvgIpc) is 2.67. The topological polar surface area (TPSA) is 67.2 Å². The number of imidazole rings is 1. The highest BCUT2D eigenvalue weighted by Crippen LogP contribution is 2.17. The normalized spacial score (nSPS) is 11.3. The Bertz CT molecular complexity index is 606. The molecule has 2 N–H and O–H groups in total.